The van der Waals surface area contributed by atoms with Crippen molar-refractivity contribution in [3.8, 4) is 0 Å². The molecule has 0 radical (unpaired) electrons. The van der Waals surface area contributed by atoms with Crippen molar-refractivity contribution in [3.05, 3.63) is 0 Å². The first-order valence-electron chi connectivity index (χ1n) is 6.28. The molecule has 0 heterocycles. The predicted molar refractivity (Wildman–Crippen MR) is 66.4 cm³/mol. The smallest absolute Gasteiger partial charge is 0.0466 e. The molecule has 0 aliphatic heterocycles. The van der Waals surface area contributed by atoms with Crippen molar-refractivity contribution in [3.63, 3.8) is 0 Å². The lowest BCUT2D eigenvalue weighted by Gasteiger charge is -2.04. The van der Waals surface area contributed by atoms with Crippen LogP contribution >= 0.6 is 0 Å². The highest BCUT2D eigenvalue weighted by molar-refractivity contribution is 4.46. The first-order valence-corrected chi connectivity index (χ1v) is 6.28. The van der Waals surface area contributed by atoms with Crippen LogP contribution in [-0.2, 0) is 4.74 Å². The summed E-state index contributed by atoms with van der Waals surface area (Å²) < 4.78 is 5.55. The lowest BCUT2D eigenvalue weighted by atomic mass is 10.2. The maximum atomic E-state index is 5.55. The molecular weight excluding hydrogens is 188 g/mol. The summed E-state index contributed by atoms with van der Waals surface area (Å²) in [5, 5.41) is 6.30. The van der Waals surface area contributed by atoms with Crippen molar-refractivity contribution in [2.24, 2.45) is 0 Å². The van der Waals surface area contributed by atoms with E-state index in [-0.39, 0.29) is 0 Å². The summed E-state index contributed by atoms with van der Waals surface area (Å²) in [7, 11) is 4.00. The summed E-state index contributed by atoms with van der Waals surface area (Å²) in [4.78, 5) is 0. The number of hydrogen-bond donors (Lipinski definition) is 2. The number of nitrogens with one attached hydrogen (secondary N) is 2. The molecule has 3 heteroatoms. The summed E-state index contributed by atoms with van der Waals surface area (Å²) in [5.74, 6) is 0. The third kappa shape index (κ3) is 13.9. The molecule has 92 valence electrons. The molecule has 15 heavy (non-hydrogen) atoms. The third-order valence-corrected chi connectivity index (χ3v) is 2.43. The van der Waals surface area contributed by atoms with Crippen LogP contribution in [-0.4, -0.2) is 40.4 Å². The number of unbranched alkanes of at least 4 members (excludes halogenated alkanes) is 4. The average molecular weight is 216 g/mol. The Hall–Kier alpha value is -0.120. The van der Waals surface area contributed by atoms with E-state index in [2.05, 4.69) is 10.6 Å². The molecule has 0 aromatic heterocycles. The van der Waals surface area contributed by atoms with Crippen LogP contribution < -0.4 is 10.6 Å². The van der Waals surface area contributed by atoms with Crippen molar-refractivity contribution in [1.82, 2.24) is 10.6 Å². The van der Waals surface area contributed by atoms with Gasteiger partial charge in [-0.1, -0.05) is 0 Å². The van der Waals surface area contributed by atoms with Gasteiger partial charge in [-0.2, -0.15) is 0 Å². The molecule has 0 aliphatic carbocycles. The Balaban J connectivity index is 2.81. The van der Waals surface area contributed by atoms with E-state index >= 15 is 0 Å². The van der Waals surface area contributed by atoms with Crippen molar-refractivity contribution in [2.75, 3.05) is 40.4 Å². The van der Waals surface area contributed by atoms with Crippen LogP contribution in [0.15, 0.2) is 0 Å². The maximum absolute atomic E-state index is 5.55. The fourth-order valence-corrected chi connectivity index (χ4v) is 1.47. The zero-order chi connectivity index (χ0) is 11.2. The lowest BCUT2D eigenvalue weighted by molar-refractivity contribution is 0.126. The van der Waals surface area contributed by atoms with E-state index in [0.717, 1.165) is 26.3 Å². The normalized spacial score (nSPS) is 10.8. The molecule has 0 unspecified atom stereocenters. The van der Waals surface area contributed by atoms with E-state index in [1.165, 1.54) is 38.5 Å². The van der Waals surface area contributed by atoms with Gasteiger partial charge in [0.2, 0.25) is 0 Å². The maximum Gasteiger partial charge on any atom is 0.0466 e. The van der Waals surface area contributed by atoms with Crippen LogP contribution in [0.25, 0.3) is 0 Å². The Morgan fingerprint density at radius 1 is 0.667 bits per heavy atom. The van der Waals surface area contributed by atoms with Gasteiger partial charge in [0.1, 0.15) is 0 Å². The molecule has 3 nitrogen and oxygen atoms in total. The summed E-state index contributed by atoms with van der Waals surface area (Å²) in [6.07, 6.45) is 7.50. The van der Waals surface area contributed by atoms with Gasteiger partial charge in [0.25, 0.3) is 0 Å². The van der Waals surface area contributed by atoms with Gasteiger partial charge >= 0.3 is 0 Å². The number of rotatable bonds is 12. The molecule has 0 atom stereocenters. The van der Waals surface area contributed by atoms with Crippen LogP contribution in [0.4, 0.5) is 0 Å². The summed E-state index contributed by atoms with van der Waals surface area (Å²) in [5.41, 5.74) is 0. The van der Waals surface area contributed by atoms with E-state index in [1.807, 2.05) is 14.1 Å². The van der Waals surface area contributed by atoms with Crippen molar-refractivity contribution >= 4 is 0 Å². The van der Waals surface area contributed by atoms with E-state index in [4.69, 9.17) is 4.74 Å². The van der Waals surface area contributed by atoms with Crippen LogP contribution in [0, 0.1) is 0 Å². The van der Waals surface area contributed by atoms with E-state index < -0.39 is 0 Å². The minimum Gasteiger partial charge on any atom is -0.381 e. The first kappa shape index (κ1) is 14.9. The second-order valence-corrected chi connectivity index (χ2v) is 3.94. The van der Waals surface area contributed by atoms with Gasteiger partial charge in [-0.15, -0.1) is 0 Å². The largest absolute Gasteiger partial charge is 0.381 e. The molecule has 0 amide bonds. The van der Waals surface area contributed by atoms with Gasteiger partial charge in [-0.3, -0.25) is 0 Å². The van der Waals surface area contributed by atoms with Crippen molar-refractivity contribution in [2.45, 2.75) is 38.5 Å². The van der Waals surface area contributed by atoms with E-state index in [9.17, 15) is 0 Å². The standard InChI is InChI=1S/C12H28N2O/c1-13-9-5-3-7-11-15-12-8-4-6-10-14-2/h13-14H,3-12H2,1-2H3. The SMILES string of the molecule is CNCCCCCOCCCCCNC. The Morgan fingerprint density at radius 3 is 1.53 bits per heavy atom. The highest BCUT2D eigenvalue weighted by atomic mass is 16.5. The zero-order valence-corrected chi connectivity index (χ0v) is 10.5. The third-order valence-electron chi connectivity index (χ3n) is 2.43. The molecule has 0 spiro atoms. The van der Waals surface area contributed by atoms with Crippen LogP contribution in [0.3, 0.4) is 0 Å². The molecule has 0 aliphatic rings. The van der Waals surface area contributed by atoms with Gasteiger partial charge in [0.05, 0.1) is 0 Å². The summed E-state index contributed by atoms with van der Waals surface area (Å²) in [6.45, 7) is 4.14. The molecule has 0 saturated carbocycles. The quantitative estimate of drug-likeness (QED) is 0.488. The summed E-state index contributed by atoms with van der Waals surface area (Å²) >= 11 is 0. The van der Waals surface area contributed by atoms with Crippen LogP contribution in [0.5, 0.6) is 0 Å². The van der Waals surface area contributed by atoms with Gasteiger partial charge < -0.3 is 15.4 Å². The molecule has 2 N–H and O–H groups in total. The fourth-order valence-electron chi connectivity index (χ4n) is 1.47. The minimum absolute atomic E-state index is 0.940. The molecule has 0 rings (SSSR count). The lowest BCUT2D eigenvalue weighted by Crippen LogP contribution is -2.08. The van der Waals surface area contributed by atoms with Gasteiger partial charge in [-0.05, 0) is 65.7 Å². The molecule has 0 bridgehead atoms. The van der Waals surface area contributed by atoms with E-state index in [0.29, 0.717) is 0 Å². The Morgan fingerprint density at radius 2 is 1.13 bits per heavy atom. The monoisotopic (exact) mass is 216 g/mol. The highest BCUT2D eigenvalue weighted by Gasteiger charge is 1.91. The average Bonchev–Trinajstić information content (AvgIpc) is 2.26. The topological polar surface area (TPSA) is 33.3 Å². The Kier molecular flexibility index (Phi) is 13.8. The second-order valence-electron chi connectivity index (χ2n) is 3.94. The van der Waals surface area contributed by atoms with E-state index in [1.54, 1.807) is 0 Å². The number of hydrogen-bond acceptors (Lipinski definition) is 3. The van der Waals surface area contributed by atoms with Gasteiger partial charge in [-0.25, -0.2) is 0 Å². The predicted octanol–water partition coefficient (Wildman–Crippen LogP) is 1.78. The Labute approximate surface area is 95.0 Å². The van der Waals surface area contributed by atoms with Gasteiger partial charge in [0.15, 0.2) is 0 Å². The summed E-state index contributed by atoms with van der Waals surface area (Å²) in [6, 6.07) is 0. The fraction of sp³-hybridized carbons (Fsp3) is 1.00. The minimum atomic E-state index is 0.940. The van der Waals surface area contributed by atoms with Crippen LogP contribution in [0.1, 0.15) is 38.5 Å². The molecule has 0 aromatic rings. The molecular formula is C12H28N2O. The Bertz CT molecular complexity index is 97.8. The van der Waals surface area contributed by atoms with Gasteiger partial charge in [0, 0.05) is 13.2 Å². The van der Waals surface area contributed by atoms with Crippen molar-refractivity contribution < 1.29 is 4.74 Å². The first-order chi connectivity index (χ1) is 7.41. The number of ether oxygens (including phenoxy) is 1. The van der Waals surface area contributed by atoms with Crippen LogP contribution in [0.2, 0.25) is 0 Å². The highest BCUT2D eigenvalue weighted by Crippen LogP contribution is 1.98. The molecule has 0 fully saturated rings. The zero-order valence-electron chi connectivity index (χ0n) is 10.5. The molecule has 0 saturated heterocycles. The molecule has 0 aromatic carbocycles. The second kappa shape index (κ2) is 13.9. The van der Waals surface area contributed by atoms with Crippen molar-refractivity contribution in [1.29, 1.82) is 0 Å².